The average molecular weight is 623 g/mol. The van der Waals surface area contributed by atoms with E-state index in [0.717, 1.165) is 21.9 Å². The van der Waals surface area contributed by atoms with E-state index >= 15 is 0 Å². The Morgan fingerprint density at radius 2 is 1.06 bits per heavy atom. The van der Waals surface area contributed by atoms with Crippen LogP contribution in [0, 0.1) is 0 Å². The van der Waals surface area contributed by atoms with Gasteiger partial charge in [-0.2, -0.15) is 0 Å². The first-order chi connectivity index (χ1) is 24.2. The number of benzene rings is 9. The highest BCUT2D eigenvalue weighted by molar-refractivity contribution is 6.20. The quantitative estimate of drug-likeness (QED) is 0.138. The first kappa shape index (κ1) is 26.8. The number of para-hydroxylation sites is 1. The summed E-state index contributed by atoms with van der Waals surface area (Å²) in [6.07, 6.45) is 0. The number of hydrogen-bond donors (Lipinski definition) is 0. The Kier molecular flexibility index (Phi) is 5.31. The van der Waals surface area contributed by atoms with E-state index in [0.29, 0.717) is 0 Å². The SMILES string of the molecule is CC1(c2ccc3oc4ccccc4c3c2)c2cc(-c3c4ccccc4cc4c3ccc3ccccc34)ccc2-c2ccc3ccccc3c21. The van der Waals surface area contributed by atoms with Gasteiger partial charge in [0.2, 0.25) is 0 Å². The largest absolute Gasteiger partial charge is 0.456 e. The molecule has 1 aromatic heterocycles. The maximum Gasteiger partial charge on any atom is 0.135 e. The second-order valence-electron chi connectivity index (χ2n) is 13.8. The van der Waals surface area contributed by atoms with Crippen molar-refractivity contribution in [3.8, 4) is 22.3 Å². The van der Waals surface area contributed by atoms with Crippen LogP contribution in [0.1, 0.15) is 23.6 Å². The Labute approximate surface area is 283 Å². The van der Waals surface area contributed by atoms with Crippen molar-refractivity contribution in [3.05, 3.63) is 180 Å². The fourth-order valence-corrected chi connectivity index (χ4v) is 8.99. The summed E-state index contributed by atoms with van der Waals surface area (Å²) in [7, 11) is 0. The lowest BCUT2D eigenvalue weighted by atomic mass is 9.72. The van der Waals surface area contributed by atoms with Crippen LogP contribution in [0.5, 0.6) is 0 Å². The molecule has 9 aromatic carbocycles. The van der Waals surface area contributed by atoms with Gasteiger partial charge in [0.25, 0.3) is 0 Å². The summed E-state index contributed by atoms with van der Waals surface area (Å²) < 4.78 is 6.30. The Morgan fingerprint density at radius 3 is 1.92 bits per heavy atom. The Bertz CT molecular complexity index is 3010. The molecule has 0 amide bonds. The monoisotopic (exact) mass is 622 g/mol. The standard InChI is InChI=1S/C48H30O/c1-48(33-21-25-45-42(28-33)38-16-8-9-17-44(38)49-45)43-27-32(20-22-37(43)40-24-19-30-11-3-7-15-36(30)47(40)48)46-35-14-6-4-12-31(35)26-41-34-13-5-2-10-29(34)18-23-39(41)46/h2-28H,1H3. The van der Waals surface area contributed by atoms with Gasteiger partial charge in [-0.25, -0.2) is 0 Å². The minimum absolute atomic E-state index is 0.402. The molecule has 0 radical (unpaired) electrons. The van der Waals surface area contributed by atoms with E-state index in [-0.39, 0.29) is 0 Å². The van der Waals surface area contributed by atoms with Gasteiger partial charge < -0.3 is 4.42 Å². The van der Waals surface area contributed by atoms with Gasteiger partial charge in [0.15, 0.2) is 0 Å². The van der Waals surface area contributed by atoms with Crippen molar-refractivity contribution in [2.45, 2.75) is 12.3 Å². The molecule has 49 heavy (non-hydrogen) atoms. The van der Waals surface area contributed by atoms with Crippen molar-refractivity contribution >= 4 is 65.0 Å². The van der Waals surface area contributed by atoms with Crippen molar-refractivity contribution < 1.29 is 4.42 Å². The van der Waals surface area contributed by atoms with E-state index in [9.17, 15) is 0 Å². The molecule has 0 aliphatic heterocycles. The third-order valence-electron chi connectivity index (χ3n) is 11.3. The summed E-state index contributed by atoms with van der Waals surface area (Å²) in [6, 6.07) is 60.5. The molecule has 228 valence electrons. The van der Waals surface area contributed by atoms with E-state index in [1.165, 1.54) is 82.0 Å². The molecule has 1 aliphatic carbocycles. The Balaban J connectivity index is 1.24. The summed E-state index contributed by atoms with van der Waals surface area (Å²) in [5, 5.41) is 12.6. The molecular weight excluding hydrogens is 593 g/mol. The van der Waals surface area contributed by atoms with Gasteiger partial charge in [-0.1, -0.05) is 133 Å². The fraction of sp³-hybridized carbons (Fsp3) is 0.0417. The zero-order valence-electron chi connectivity index (χ0n) is 27.0. The zero-order valence-corrected chi connectivity index (χ0v) is 27.0. The molecule has 1 aliphatic rings. The maximum atomic E-state index is 6.30. The van der Waals surface area contributed by atoms with E-state index in [4.69, 9.17) is 4.42 Å². The van der Waals surface area contributed by atoms with Crippen LogP contribution in [0.15, 0.2) is 168 Å². The lowest BCUT2D eigenvalue weighted by molar-refractivity contribution is 0.667. The molecule has 0 saturated carbocycles. The lowest BCUT2D eigenvalue weighted by Crippen LogP contribution is -2.23. The first-order valence-corrected chi connectivity index (χ1v) is 17.1. The van der Waals surface area contributed by atoms with Crippen molar-refractivity contribution in [1.29, 1.82) is 0 Å². The van der Waals surface area contributed by atoms with Gasteiger partial charge in [0.05, 0.1) is 0 Å². The molecule has 0 bridgehead atoms. The summed E-state index contributed by atoms with van der Waals surface area (Å²) in [6.45, 7) is 2.44. The van der Waals surface area contributed by atoms with Crippen LogP contribution >= 0.6 is 0 Å². The highest BCUT2D eigenvalue weighted by atomic mass is 16.3. The van der Waals surface area contributed by atoms with E-state index in [1.54, 1.807) is 0 Å². The molecule has 11 rings (SSSR count). The molecule has 1 nitrogen and oxygen atoms in total. The fourth-order valence-electron chi connectivity index (χ4n) is 8.99. The van der Waals surface area contributed by atoms with Crippen LogP contribution in [-0.4, -0.2) is 0 Å². The van der Waals surface area contributed by atoms with Crippen LogP contribution in [0.25, 0.3) is 87.3 Å². The highest BCUT2D eigenvalue weighted by Crippen LogP contribution is 2.56. The minimum atomic E-state index is -0.402. The van der Waals surface area contributed by atoms with Gasteiger partial charge >= 0.3 is 0 Å². The van der Waals surface area contributed by atoms with E-state index < -0.39 is 5.41 Å². The number of rotatable bonds is 2. The summed E-state index contributed by atoms with van der Waals surface area (Å²) >= 11 is 0. The molecule has 1 heteroatoms. The van der Waals surface area contributed by atoms with Gasteiger partial charge in [-0.3, -0.25) is 0 Å². The van der Waals surface area contributed by atoms with Crippen molar-refractivity contribution in [3.63, 3.8) is 0 Å². The van der Waals surface area contributed by atoms with E-state index in [1.807, 2.05) is 6.07 Å². The van der Waals surface area contributed by atoms with Crippen LogP contribution in [0.2, 0.25) is 0 Å². The van der Waals surface area contributed by atoms with Crippen LogP contribution in [0.3, 0.4) is 0 Å². The zero-order chi connectivity index (χ0) is 32.3. The van der Waals surface area contributed by atoms with Crippen molar-refractivity contribution in [2.75, 3.05) is 0 Å². The molecule has 0 N–H and O–H groups in total. The summed E-state index contributed by atoms with van der Waals surface area (Å²) in [5.74, 6) is 0. The normalized spacial score (nSPS) is 15.5. The molecular formula is C48H30O. The lowest BCUT2D eigenvalue weighted by Gasteiger charge is -2.30. The average Bonchev–Trinajstić information content (AvgIpc) is 3.66. The smallest absolute Gasteiger partial charge is 0.135 e. The molecule has 0 saturated heterocycles. The molecule has 0 fully saturated rings. The van der Waals surface area contributed by atoms with Gasteiger partial charge in [-0.05, 0) is 119 Å². The van der Waals surface area contributed by atoms with Crippen LogP contribution in [-0.2, 0) is 5.41 Å². The molecule has 1 unspecified atom stereocenters. The topological polar surface area (TPSA) is 13.1 Å². The Morgan fingerprint density at radius 1 is 0.408 bits per heavy atom. The predicted octanol–water partition coefficient (Wildman–Crippen LogP) is 13.2. The molecule has 10 aromatic rings. The van der Waals surface area contributed by atoms with Crippen molar-refractivity contribution in [2.24, 2.45) is 0 Å². The number of fused-ring (bicyclic) bond motifs is 12. The second-order valence-corrected chi connectivity index (χ2v) is 13.8. The summed E-state index contributed by atoms with van der Waals surface area (Å²) in [4.78, 5) is 0. The van der Waals surface area contributed by atoms with Crippen LogP contribution in [0.4, 0.5) is 0 Å². The highest BCUT2D eigenvalue weighted by Gasteiger charge is 2.42. The second kappa shape index (κ2) is 9.69. The third-order valence-corrected chi connectivity index (χ3v) is 11.3. The Hall–Kier alpha value is -6.18. The van der Waals surface area contributed by atoms with Gasteiger partial charge in [0.1, 0.15) is 11.2 Å². The first-order valence-electron chi connectivity index (χ1n) is 17.1. The molecule has 1 heterocycles. The van der Waals surface area contributed by atoms with E-state index in [2.05, 4.69) is 165 Å². The van der Waals surface area contributed by atoms with Crippen molar-refractivity contribution in [1.82, 2.24) is 0 Å². The third kappa shape index (κ3) is 3.59. The maximum absolute atomic E-state index is 6.30. The van der Waals surface area contributed by atoms with Gasteiger partial charge in [0, 0.05) is 16.2 Å². The summed E-state index contributed by atoms with van der Waals surface area (Å²) in [5.41, 5.74) is 10.6. The molecule has 1 atom stereocenters. The predicted molar refractivity (Wildman–Crippen MR) is 207 cm³/mol. The van der Waals surface area contributed by atoms with Gasteiger partial charge in [-0.15, -0.1) is 0 Å². The number of furan rings is 1. The van der Waals surface area contributed by atoms with Crippen LogP contribution < -0.4 is 0 Å². The number of hydrogen-bond acceptors (Lipinski definition) is 1. The minimum Gasteiger partial charge on any atom is -0.456 e. The molecule has 0 spiro atoms.